The topological polar surface area (TPSA) is 85.2 Å². The molecule has 0 radical (unpaired) electrons. The Hall–Kier alpha value is -1.93. The molecule has 1 unspecified atom stereocenters. The van der Waals surface area contributed by atoms with E-state index in [2.05, 4.69) is 10.1 Å². The van der Waals surface area contributed by atoms with Crippen LogP contribution in [0.15, 0.2) is 28.8 Å². The number of aromatic nitrogens is 2. The first-order valence-electron chi connectivity index (χ1n) is 5.75. The van der Waals surface area contributed by atoms with Crippen LogP contribution in [0.2, 0.25) is 0 Å². The van der Waals surface area contributed by atoms with Crippen molar-refractivity contribution in [3.63, 3.8) is 0 Å². The van der Waals surface area contributed by atoms with E-state index in [9.17, 15) is 13.2 Å². The van der Waals surface area contributed by atoms with Crippen LogP contribution in [-0.2, 0) is 12.6 Å². The van der Waals surface area contributed by atoms with Crippen LogP contribution in [-0.4, -0.2) is 21.9 Å². The van der Waals surface area contributed by atoms with E-state index in [0.717, 1.165) is 12.1 Å². The fraction of sp³-hybridized carbons (Fsp3) is 0.333. The van der Waals surface area contributed by atoms with Gasteiger partial charge in [0, 0.05) is 0 Å². The SMILES string of the molecule is NC(CO)c1noc(Cc2ccc(C(F)(F)F)cc2)n1. The van der Waals surface area contributed by atoms with E-state index in [4.69, 9.17) is 15.4 Å². The van der Waals surface area contributed by atoms with Crippen molar-refractivity contribution in [2.24, 2.45) is 5.73 Å². The van der Waals surface area contributed by atoms with Gasteiger partial charge in [0.2, 0.25) is 5.89 Å². The fourth-order valence-corrected chi connectivity index (χ4v) is 1.56. The summed E-state index contributed by atoms with van der Waals surface area (Å²) in [6, 6.07) is 3.94. The maximum absolute atomic E-state index is 12.4. The number of aliphatic hydroxyl groups excluding tert-OH is 1. The Morgan fingerprint density at radius 1 is 1.25 bits per heavy atom. The summed E-state index contributed by atoms with van der Waals surface area (Å²) in [7, 11) is 0. The third-order valence-corrected chi connectivity index (χ3v) is 2.65. The van der Waals surface area contributed by atoms with Crippen LogP contribution >= 0.6 is 0 Å². The van der Waals surface area contributed by atoms with Gasteiger partial charge in [-0.15, -0.1) is 0 Å². The second kappa shape index (κ2) is 5.59. The molecule has 20 heavy (non-hydrogen) atoms. The molecule has 108 valence electrons. The summed E-state index contributed by atoms with van der Waals surface area (Å²) in [6.45, 7) is -0.320. The molecule has 2 aromatic rings. The van der Waals surface area contributed by atoms with Gasteiger partial charge in [0.1, 0.15) is 0 Å². The lowest BCUT2D eigenvalue weighted by Gasteiger charge is -2.06. The van der Waals surface area contributed by atoms with Crippen LogP contribution in [0.3, 0.4) is 0 Å². The first-order chi connectivity index (χ1) is 9.40. The van der Waals surface area contributed by atoms with Gasteiger partial charge in [0.25, 0.3) is 0 Å². The minimum atomic E-state index is -4.36. The zero-order valence-electron chi connectivity index (χ0n) is 10.3. The monoisotopic (exact) mass is 287 g/mol. The number of aliphatic hydroxyl groups is 1. The molecule has 0 spiro atoms. The van der Waals surface area contributed by atoms with Crippen molar-refractivity contribution in [3.05, 3.63) is 47.1 Å². The van der Waals surface area contributed by atoms with Crippen LogP contribution in [0.4, 0.5) is 13.2 Å². The molecule has 0 aliphatic heterocycles. The van der Waals surface area contributed by atoms with E-state index in [-0.39, 0.29) is 24.7 Å². The zero-order valence-corrected chi connectivity index (χ0v) is 10.3. The summed E-state index contributed by atoms with van der Waals surface area (Å²) in [5.41, 5.74) is 5.40. The molecule has 0 aliphatic carbocycles. The van der Waals surface area contributed by atoms with E-state index < -0.39 is 17.8 Å². The highest BCUT2D eigenvalue weighted by Crippen LogP contribution is 2.29. The van der Waals surface area contributed by atoms with Crippen LogP contribution in [0.1, 0.15) is 28.9 Å². The third kappa shape index (κ3) is 3.34. The summed E-state index contributed by atoms with van der Waals surface area (Å²) < 4.78 is 42.1. The van der Waals surface area contributed by atoms with Gasteiger partial charge < -0.3 is 15.4 Å². The third-order valence-electron chi connectivity index (χ3n) is 2.65. The minimum absolute atomic E-state index is 0.161. The van der Waals surface area contributed by atoms with Gasteiger partial charge in [-0.05, 0) is 17.7 Å². The van der Waals surface area contributed by atoms with E-state index in [1.807, 2.05) is 0 Å². The summed E-state index contributed by atoms with van der Waals surface area (Å²) in [6.07, 6.45) is -4.16. The summed E-state index contributed by atoms with van der Waals surface area (Å²) >= 11 is 0. The predicted octanol–water partition coefficient (Wildman–Crippen LogP) is 1.67. The lowest BCUT2D eigenvalue weighted by molar-refractivity contribution is -0.137. The smallest absolute Gasteiger partial charge is 0.394 e. The first-order valence-corrected chi connectivity index (χ1v) is 5.75. The first kappa shape index (κ1) is 14.5. The van der Waals surface area contributed by atoms with E-state index >= 15 is 0 Å². The molecule has 0 saturated carbocycles. The van der Waals surface area contributed by atoms with Gasteiger partial charge in [-0.2, -0.15) is 18.2 Å². The molecule has 0 saturated heterocycles. The molecule has 1 aromatic carbocycles. The highest BCUT2D eigenvalue weighted by molar-refractivity contribution is 5.26. The maximum atomic E-state index is 12.4. The van der Waals surface area contributed by atoms with E-state index in [0.29, 0.717) is 5.56 Å². The molecule has 1 heterocycles. The van der Waals surface area contributed by atoms with Crippen molar-refractivity contribution in [2.75, 3.05) is 6.61 Å². The lowest BCUT2D eigenvalue weighted by atomic mass is 10.1. The molecular formula is C12H12F3N3O2. The van der Waals surface area contributed by atoms with Gasteiger partial charge in [0.15, 0.2) is 5.82 Å². The van der Waals surface area contributed by atoms with Crippen molar-refractivity contribution in [1.29, 1.82) is 0 Å². The summed E-state index contributed by atoms with van der Waals surface area (Å²) in [5.74, 6) is 0.387. The standard InChI is InChI=1S/C12H12F3N3O2/c13-12(14,15)8-3-1-7(2-4-8)5-10-17-11(18-20-10)9(16)6-19/h1-4,9,19H,5-6,16H2. The minimum Gasteiger partial charge on any atom is -0.394 e. The van der Waals surface area contributed by atoms with Crippen LogP contribution < -0.4 is 5.73 Å². The lowest BCUT2D eigenvalue weighted by Crippen LogP contribution is -2.16. The zero-order chi connectivity index (χ0) is 14.8. The molecule has 1 aromatic heterocycles. The highest BCUT2D eigenvalue weighted by Gasteiger charge is 2.29. The number of halogens is 3. The Kier molecular flexibility index (Phi) is 4.05. The number of rotatable bonds is 4. The van der Waals surface area contributed by atoms with Crippen LogP contribution in [0, 0.1) is 0 Å². The number of nitrogens with zero attached hydrogens (tertiary/aromatic N) is 2. The van der Waals surface area contributed by atoms with Crippen molar-refractivity contribution in [2.45, 2.75) is 18.6 Å². The highest BCUT2D eigenvalue weighted by atomic mass is 19.4. The number of nitrogens with two attached hydrogens (primary N) is 1. The quantitative estimate of drug-likeness (QED) is 0.893. The second-order valence-electron chi connectivity index (χ2n) is 4.21. The van der Waals surface area contributed by atoms with Crippen molar-refractivity contribution >= 4 is 0 Å². The Balaban J connectivity index is 2.08. The molecule has 5 nitrogen and oxygen atoms in total. The van der Waals surface area contributed by atoms with Gasteiger partial charge in [0.05, 0.1) is 24.6 Å². The molecule has 3 N–H and O–H groups in total. The van der Waals surface area contributed by atoms with Gasteiger partial charge in [-0.1, -0.05) is 17.3 Å². The van der Waals surface area contributed by atoms with Gasteiger partial charge in [-0.3, -0.25) is 0 Å². The maximum Gasteiger partial charge on any atom is 0.416 e. The van der Waals surface area contributed by atoms with Gasteiger partial charge >= 0.3 is 6.18 Å². The summed E-state index contributed by atoms with van der Waals surface area (Å²) in [4.78, 5) is 3.96. The largest absolute Gasteiger partial charge is 0.416 e. The molecular weight excluding hydrogens is 275 g/mol. The van der Waals surface area contributed by atoms with Crippen molar-refractivity contribution in [1.82, 2.24) is 10.1 Å². The Labute approximate surface area is 112 Å². The normalized spacial score (nSPS) is 13.4. The average molecular weight is 287 g/mol. The Bertz CT molecular complexity index is 566. The number of alkyl halides is 3. The van der Waals surface area contributed by atoms with Crippen LogP contribution in [0.5, 0.6) is 0 Å². The molecule has 1 atom stereocenters. The number of hydrogen-bond acceptors (Lipinski definition) is 5. The number of benzene rings is 1. The average Bonchev–Trinajstić information content (AvgIpc) is 2.86. The number of hydrogen-bond donors (Lipinski definition) is 2. The van der Waals surface area contributed by atoms with E-state index in [1.165, 1.54) is 12.1 Å². The summed E-state index contributed by atoms with van der Waals surface area (Å²) in [5, 5.41) is 12.4. The van der Waals surface area contributed by atoms with E-state index in [1.54, 1.807) is 0 Å². The Morgan fingerprint density at radius 2 is 1.90 bits per heavy atom. The van der Waals surface area contributed by atoms with Crippen molar-refractivity contribution in [3.8, 4) is 0 Å². The molecule has 8 heteroatoms. The van der Waals surface area contributed by atoms with Crippen LogP contribution in [0.25, 0.3) is 0 Å². The van der Waals surface area contributed by atoms with Gasteiger partial charge in [-0.25, -0.2) is 0 Å². The molecule has 0 fully saturated rings. The predicted molar refractivity (Wildman–Crippen MR) is 62.6 cm³/mol. The molecule has 0 bridgehead atoms. The molecule has 0 amide bonds. The second-order valence-corrected chi connectivity index (χ2v) is 4.21. The Morgan fingerprint density at radius 3 is 2.45 bits per heavy atom. The molecule has 0 aliphatic rings. The molecule has 2 rings (SSSR count). The van der Waals surface area contributed by atoms with Crippen molar-refractivity contribution < 1.29 is 22.8 Å². The fourth-order valence-electron chi connectivity index (χ4n) is 1.56.